The Morgan fingerprint density at radius 1 is 0.892 bits per heavy atom. The molecule has 1 aromatic heterocycles. The monoisotopic (exact) mass is 490 g/mol. The first-order valence-corrected chi connectivity index (χ1v) is 12.1. The number of para-hydroxylation sites is 1. The molecule has 1 saturated heterocycles. The summed E-state index contributed by atoms with van der Waals surface area (Å²) in [5.41, 5.74) is 3.07. The highest BCUT2D eigenvalue weighted by Crippen LogP contribution is 2.41. The van der Waals surface area contributed by atoms with Crippen LogP contribution < -0.4 is 4.74 Å². The molecule has 4 aromatic rings. The van der Waals surface area contributed by atoms with Gasteiger partial charge in [0.1, 0.15) is 17.3 Å². The van der Waals surface area contributed by atoms with Gasteiger partial charge in [-0.15, -0.1) is 0 Å². The molecule has 0 aliphatic carbocycles. The van der Waals surface area contributed by atoms with Gasteiger partial charge in [0, 0.05) is 24.5 Å². The van der Waals surface area contributed by atoms with Gasteiger partial charge in [0.15, 0.2) is 0 Å². The number of rotatable bonds is 7. The van der Waals surface area contributed by atoms with Crippen molar-refractivity contribution in [2.75, 3.05) is 0 Å². The van der Waals surface area contributed by atoms with E-state index in [0.717, 1.165) is 17.5 Å². The number of amides is 1. The molecule has 1 fully saturated rings. The number of carbonyl (C=O) groups excluding carboxylic acids is 2. The van der Waals surface area contributed by atoms with Gasteiger partial charge >= 0.3 is 0 Å². The largest absolute Gasteiger partial charge is 0.507 e. The van der Waals surface area contributed by atoms with E-state index in [1.54, 1.807) is 36.7 Å². The molecule has 0 bridgehead atoms. The molecule has 1 aliphatic heterocycles. The Balaban J connectivity index is 1.60. The van der Waals surface area contributed by atoms with Gasteiger partial charge in [-0.2, -0.15) is 0 Å². The molecule has 1 atom stereocenters. The maximum Gasteiger partial charge on any atom is 0.295 e. The highest BCUT2D eigenvalue weighted by atomic mass is 16.5. The van der Waals surface area contributed by atoms with Crippen molar-refractivity contribution >= 4 is 17.4 Å². The predicted octanol–water partition coefficient (Wildman–Crippen LogP) is 6.06. The lowest BCUT2D eigenvalue weighted by Gasteiger charge is -2.25. The number of hydrogen-bond donors (Lipinski definition) is 1. The summed E-state index contributed by atoms with van der Waals surface area (Å²) in [6, 6.07) is 26.8. The summed E-state index contributed by atoms with van der Waals surface area (Å²) in [6.45, 7) is 2.21. The molecule has 0 saturated carbocycles. The third-order valence-electron chi connectivity index (χ3n) is 6.40. The topological polar surface area (TPSA) is 79.7 Å². The fraction of sp³-hybridized carbons (Fsp3) is 0.129. The van der Waals surface area contributed by atoms with E-state index >= 15 is 0 Å². The Kier molecular flexibility index (Phi) is 6.81. The van der Waals surface area contributed by atoms with Crippen LogP contribution in [-0.2, 0) is 22.6 Å². The van der Waals surface area contributed by atoms with Crippen LogP contribution in [0.1, 0.15) is 35.2 Å². The number of benzene rings is 3. The lowest BCUT2D eigenvalue weighted by molar-refractivity contribution is -0.140. The molecule has 3 aromatic carbocycles. The normalized spacial score (nSPS) is 16.7. The SMILES string of the molecule is CCc1ccc(/C(O)=C2/C(=O)C(=O)N(Cc3cccnc3)C2c2cccc(Oc3ccccc3)c2)cc1. The number of aryl methyl sites for hydroxylation is 1. The van der Waals surface area contributed by atoms with Crippen LogP contribution in [-0.4, -0.2) is 26.7 Å². The Morgan fingerprint density at radius 3 is 2.35 bits per heavy atom. The summed E-state index contributed by atoms with van der Waals surface area (Å²) in [5.74, 6) is -0.368. The van der Waals surface area contributed by atoms with Crippen molar-refractivity contribution in [3.63, 3.8) is 0 Å². The summed E-state index contributed by atoms with van der Waals surface area (Å²) < 4.78 is 6.01. The average Bonchev–Trinajstić information content (AvgIpc) is 3.19. The molecule has 1 amide bonds. The summed E-state index contributed by atoms with van der Waals surface area (Å²) in [7, 11) is 0. The Bertz CT molecular complexity index is 1450. The number of carbonyl (C=O) groups is 2. The van der Waals surface area contributed by atoms with Gasteiger partial charge in [-0.05, 0) is 53.4 Å². The van der Waals surface area contributed by atoms with Crippen LogP contribution in [0.4, 0.5) is 0 Å². The molecule has 1 N–H and O–H groups in total. The third-order valence-corrected chi connectivity index (χ3v) is 6.40. The number of pyridine rings is 1. The first-order valence-electron chi connectivity index (χ1n) is 12.1. The molecule has 2 heterocycles. The molecule has 0 spiro atoms. The van der Waals surface area contributed by atoms with Crippen molar-refractivity contribution in [3.8, 4) is 11.5 Å². The van der Waals surface area contributed by atoms with Gasteiger partial charge in [-0.1, -0.05) is 67.6 Å². The van der Waals surface area contributed by atoms with Gasteiger partial charge in [0.25, 0.3) is 11.7 Å². The number of hydrogen-bond acceptors (Lipinski definition) is 5. The Hall–Kier alpha value is -4.71. The number of Topliss-reactive ketones (excluding diaryl/α,β-unsaturated/α-hetero) is 1. The molecule has 1 aliphatic rings. The van der Waals surface area contributed by atoms with Gasteiger partial charge in [0.05, 0.1) is 11.6 Å². The van der Waals surface area contributed by atoms with Crippen molar-refractivity contribution < 1.29 is 19.4 Å². The number of ketones is 1. The minimum atomic E-state index is -0.801. The van der Waals surface area contributed by atoms with Crippen molar-refractivity contribution in [1.29, 1.82) is 0 Å². The van der Waals surface area contributed by atoms with E-state index in [-0.39, 0.29) is 17.9 Å². The molecule has 1 unspecified atom stereocenters. The second-order valence-electron chi connectivity index (χ2n) is 8.83. The van der Waals surface area contributed by atoms with Crippen molar-refractivity contribution in [1.82, 2.24) is 9.88 Å². The van der Waals surface area contributed by atoms with E-state index in [2.05, 4.69) is 4.98 Å². The first-order chi connectivity index (χ1) is 18.0. The van der Waals surface area contributed by atoms with Crippen LogP contribution in [0, 0.1) is 0 Å². The lowest BCUT2D eigenvalue weighted by atomic mass is 9.94. The van der Waals surface area contributed by atoms with E-state index < -0.39 is 17.7 Å². The standard InChI is InChI=1S/C31H26N2O4/c1-2-21-13-15-23(16-14-21)29(34)27-28(33(31(36)30(27)35)20-22-8-7-17-32-19-22)24-9-6-12-26(18-24)37-25-10-4-3-5-11-25/h3-19,28,34H,2,20H2,1H3/b29-27-. The van der Waals surface area contributed by atoms with Crippen molar-refractivity contribution in [2.45, 2.75) is 25.9 Å². The van der Waals surface area contributed by atoms with Crippen LogP contribution in [0.25, 0.3) is 5.76 Å². The van der Waals surface area contributed by atoms with E-state index in [1.807, 2.05) is 73.7 Å². The smallest absolute Gasteiger partial charge is 0.295 e. The second-order valence-corrected chi connectivity index (χ2v) is 8.83. The molecular formula is C31H26N2O4. The number of aliphatic hydroxyl groups excluding tert-OH is 1. The fourth-order valence-electron chi connectivity index (χ4n) is 4.50. The zero-order chi connectivity index (χ0) is 25.8. The van der Waals surface area contributed by atoms with E-state index in [9.17, 15) is 14.7 Å². The Morgan fingerprint density at radius 2 is 1.65 bits per heavy atom. The number of likely N-dealkylation sites (tertiary alicyclic amines) is 1. The molecule has 37 heavy (non-hydrogen) atoms. The summed E-state index contributed by atoms with van der Waals surface area (Å²) in [4.78, 5) is 32.3. The first kappa shape index (κ1) is 24.0. The van der Waals surface area contributed by atoms with Crippen LogP contribution >= 0.6 is 0 Å². The van der Waals surface area contributed by atoms with E-state index in [4.69, 9.17) is 4.74 Å². The van der Waals surface area contributed by atoms with Gasteiger partial charge in [0.2, 0.25) is 0 Å². The number of aromatic nitrogens is 1. The second kappa shape index (κ2) is 10.5. The zero-order valence-corrected chi connectivity index (χ0v) is 20.4. The Labute approximate surface area is 215 Å². The van der Waals surface area contributed by atoms with E-state index in [0.29, 0.717) is 22.6 Å². The summed E-state index contributed by atoms with van der Waals surface area (Å²) in [5, 5.41) is 11.3. The summed E-state index contributed by atoms with van der Waals surface area (Å²) in [6.07, 6.45) is 4.17. The lowest BCUT2D eigenvalue weighted by Crippen LogP contribution is -2.29. The number of ether oxygens (including phenoxy) is 1. The highest BCUT2D eigenvalue weighted by Gasteiger charge is 2.46. The number of aliphatic hydroxyl groups is 1. The third kappa shape index (κ3) is 5.00. The molecule has 6 nitrogen and oxygen atoms in total. The van der Waals surface area contributed by atoms with Crippen LogP contribution in [0.5, 0.6) is 11.5 Å². The minimum absolute atomic E-state index is 0.0509. The summed E-state index contributed by atoms with van der Waals surface area (Å²) >= 11 is 0. The van der Waals surface area contributed by atoms with Crippen LogP contribution in [0.2, 0.25) is 0 Å². The highest BCUT2D eigenvalue weighted by molar-refractivity contribution is 6.46. The van der Waals surface area contributed by atoms with E-state index in [1.165, 1.54) is 4.90 Å². The molecule has 184 valence electrons. The maximum atomic E-state index is 13.3. The van der Waals surface area contributed by atoms with Crippen molar-refractivity contribution in [3.05, 3.63) is 131 Å². The van der Waals surface area contributed by atoms with Gasteiger partial charge in [-0.3, -0.25) is 14.6 Å². The van der Waals surface area contributed by atoms with Gasteiger partial charge < -0.3 is 14.7 Å². The van der Waals surface area contributed by atoms with Crippen LogP contribution in [0.15, 0.2) is 109 Å². The maximum absolute atomic E-state index is 13.3. The molecule has 5 rings (SSSR count). The minimum Gasteiger partial charge on any atom is -0.507 e. The van der Waals surface area contributed by atoms with Crippen LogP contribution in [0.3, 0.4) is 0 Å². The average molecular weight is 491 g/mol. The molecular weight excluding hydrogens is 464 g/mol. The quantitative estimate of drug-likeness (QED) is 0.194. The van der Waals surface area contributed by atoms with Crippen molar-refractivity contribution in [2.24, 2.45) is 0 Å². The zero-order valence-electron chi connectivity index (χ0n) is 20.4. The fourth-order valence-corrected chi connectivity index (χ4v) is 4.50. The predicted molar refractivity (Wildman–Crippen MR) is 141 cm³/mol. The molecule has 0 radical (unpaired) electrons. The number of nitrogens with zero attached hydrogens (tertiary/aromatic N) is 2. The molecule has 6 heteroatoms. The van der Waals surface area contributed by atoms with Gasteiger partial charge in [-0.25, -0.2) is 0 Å².